The first-order chi connectivity index (χ1) is 15.3. The summed E-state index contributed by atoms with van der Waals surface area (Å²) in [5.41, 5.74) is 1.48. The number of unbranched alkanes of at least 4 members (excludes halogenated alkanes) is 1. The summed E-state index contributed by atoms with van der Waals surface area (Å²) in [5, 5.41) is 0. The van der Waals surface area contributed by atoms with E-state index in [-0.39, 0.29) is 18.4 Å². The molecule has 32 heavy (non-hydrogen) atoms. The van der Waals surface area contributed by atoms with Crippen molar-refractivity contribution >= 4 is 11.8 Å². The van der Waals surface area contributed by atoms with Crippen LogP contribution in [0.1, 0.15) is 49.7 Å². The molecule has 2 aromatic rings. The first kappa shape index (κ1) is 25.3. The molecule has 176 valence electrons. The minimum Gasteiger partial charge on any atom is -0.497 e. The van der Waals surface area contributed by atoms with E-state index in [1.165, 1.54) is 7.11 Å². The summed E-state index contributed by atoms with van der Waals surface area (Å²) >= 11 is 0. The number of nitrogens with zero attached hydrogens (tertiary/aromatic N) is 3. The third kappa shape index (κ3) is 6.77. The normalized spacial score (nSPS) is 10.8. The van der Waals surface area contributed by atoms with Crippen LogP contribution in [0, 0.1) is 5.92 Å². The Bertz CT molecular complexity index is 891. The Labute approximate surface area is 191 Å². The van der Waals surface area contributed by atoms with E-state index in [2.05, 4.69) is 20.8 Å². The standard InChI is InChI=1S/C25H37N3O4/c1-7-8-14-27(25(30)22-12-11-21(31-5)15-23(22)32-6)18-24(29)28(16-19(2)3)17-20-10-9-13-26(20)4/h9-13,15,19H,7-8,14,16-18H2,1-6H3. The maximum Gasteiger partial charge on any atom is 0.258 e. The fourth-order valence-corrected chi connectivity index (χ4v) is 3.56. The lowest BCUT2D eigenvalue weighted by Gasteiger charge is -2.29. The van der Waals surface area contributed by atoms with Crippen molar-refractivity contribution in [2.24, 2.45) is 13.0 Å². The number of carbonyl (C=O) groups excluding carboxylic acids is 2. The SMILES string of the molecule is CCCCN(CC(=O)N(Cc1cccn1C)CC(C)C)C(=O)c1ccc(OC)cc1OC. The van der Waals surface area contributed by atoms with E-state index in [0.717, 1.165) is 18.5 Å². The fourth-order valence-electron chi connectivity index (χ4n) is 3.56. The van der Waals surface area contributed by atoms with Crippen molar-refractivity contribution in [1.29, 1.82) is 0 Å². The molecule has 0 saturated heterocycles. The molecule has 2 rings (SSSR count). The van der Waals surface area contributed by atoms with Crippen molar-refractivity contribution in [2.75, 3.05) is 33.9 Å². The molecule has 0 atom stereocenters. The minimum absolute atomic E-state index is 0.0329. The monoisotopic (exact) mass is 443 g/mol. The molecule has 2 amide bonds. The second-order valence-electron chi connectivity index (χ2n) is 8.43. The molecule has 1 aromatic heterocycles. The van der Waals surface area contributed by atoms with E-state index in [0.29, 0.717) is 42.6 Å². The summed E-state index contributed by atoms with van der Waals surface area (Å²) < 4.78 is 12.7. The van der Waals surface area contributed by atoms with E-state index in [4.69, 9.17) is 9.47 Å². The van der Waals surface area contributed by atoms with Crippen LogP contribution in [0.4, 0.5) is 0 Å². The first-order valence-electron chi connectivity index (χ1n) is 11.2. The zero-order chi connectivity index (χ0) is 23.7. The molecule has 0 aliphatic carbocycles. The van der Waals surface area contributed by atoms with Gasteiger partial charge in [0.2, 0.25) is 5.91 Å². The number of carbonyl (C=O) groups is 2. The Kier molecular flexibility index (Phi) is 9.62. The van der Waals surface area contributed by atoms with Crippen LogP contribution in [0.5, 0.6) is 11.5 Å². The molecular weight excluding hydrogens is 406 g/mol. The smallest absolute Gasteiger partial charge is 0.258 e. The molecule has 7 nitrogen and oxygen atoms in total. The largest absolute Gasteiger partial charge is 0.497 e. The van der Waals surface area contributed by atoms with Gasteiger partial charge in [0.15, 0.2) is 0 Å². The van der Waals surface area contributed by atoms with Gasteiger partial charge < -0.3 is 23.8 Å². The van der Waals surface area contributed by atoms with Crippen molar-refractivity contribution in [3.63, 3.8) is 0 Å². The number of aryl methyl sites for hydroxylation is 1. The lowest BCUT2D eigenvalue weighted by Crippen LogP contribution is -2.44. The van der Waals surface area contributed by atoms with E-state index in [1.54, 1.807) is 30.2 Å². The Hall–Kier alpha value is -2.96. The van der Waals surface area contributed by atoms with Crippen LogP contribution in [0.15, 0.2) is 36.5 Å². The lowest BCUT2D eigenvalue weighted by atomic mass is 10.1. The predicted octanol–water partition coefficient (Wildman–Crippen LogP) is 3.97. The Morgan fingerprint density at radius 2 is 1.84 bits per heavy atom. The molecule has 0 aliphatic heterocycles. The van der Waals surface area contributed by atoms with Gasteiger partial charge in [-0.15, -0.1) is 0 Å². The molecule has 1 aromatic carbocycles. The second-order valence-corrected chi connectivity index (χ2v) is 8.43. The van der Waals surface area contributed by atoms with Gasteiger partial charge in [-0.2, -0.15) is 0 Å². The number of benzene rings is 1. The minimum atomic E-state index is -0.213. The van der Waals surface area contributed by atoms with Gasteiger partial charge in [-0.05, 0) is 36.6 Å². The van der Waals surface area contributed by atoms with Gasteiger partial charge in [-0.3, -0.25) is 9.59 Å². The molecule has 0 aliphatic rings. The third-order valence-electron chi connectivity index (χ3n) is 5.38. The first-order valence-corrected chi connectivity index (χ1v) is 11.2. The third-order valence-corrected chi connectivity index (χ3v) is 5.38. The van der Waals surface area contributed by atoms with Crippen molar-refractivity contribution in [2.45, 2.75) is 40.2 Å². The topological polar surface area (TPSA) is 64.0 Å². The highest BCUT2D eigenvalue weighted by Crippen LogP contribution is 2.26. The molecule has 0 radical (unpaired) electrons. The van der Waals surface area contributed by atoms with Gasteiger partial charge in [0.05, 0.1) is 26.3 Å². The Balaban J connectivity index is 2.26. The summed E-state index contributed by atoms with van der Waals surface area (Å²) in [6.45, 7) is 7.94. The van der Waals surface area contributed by atoms with Gasteiger partial charge in [-0.25, -0.2) is 0 Å². The number of hydrogen-bond acceptors (Lipinski definition) is 4. The quantitative estimate of drug-likeness (QED) is 0.498. The lowest BCUT2D eigenvalue weighted by molar-refractivity contribution is -0.133. The predicted molar refractivity (Wildman–Crippen MR) is 126 cm³/mol. The molecule has 0 spiro atoms. The van der Waals surface area contributed by atoms with E-state index in [9.17, 15) is 9.59 Å². The van der Waals surface area contributed by atoms with Crippen LogP contribution in [-0.4, -0.2) is 60.0 Å². The number of aromatic nitrogens is 1. The number of ether oxygens (including phenoxy) is 2. The fraction of sp³-hybridized carbons (Fsp3) is 0.520. The molecule has 0 bridgehead atoms. The molecule has 0 fully saturated rings. The molecule has 0 N–H and O–H groups in total. The number of amides is 2. The van der Waals surface area contributed by atoms with E-state index < -0.39 is 0 Å². The average Bonchev–Trinajstić information content (AvgIpc) is 3.18. The van der Waals surface area contributed by atoms with Crippen molar-refractivity contribution in [3.05, 3.63) is 47.8 Å². The summed E-state index contributed by atoms with van der Waals surface area (Å²) in [6.07, 6.45) is 3.72. The molecule has 7 heteroatoms. The summed E-state index contributed by atoms with van der Waals surface area (Å²) in [5.74, 6) is 1.10. The van der Waals surface area contributed by atoms with Crippen LogP contribution < -0.4 is 9.47 Å². The van der Waals surface area contributed by atoms with Gasteiger partial charge in [0.1, 0.15) is 18.0 Å². The second kappa shape index (κ2) is 12.2. The van der Waals surface area contributed by atoms with Crippen LogP contribution in [-0.2, 0) is 18.4 Å². The number of hydrogen-bond donors (Lipinski definition) is 0. The number of rotatable bonds is 12. The zero-order valence-corrected chi connectivity index (χ0v) is 20.3. The van der Waals surface area contributed by atoms with Crippen LogP contribution in [0.25, 0.3) is 0 Å². The average molecular weight is 444 g/mol. The van der Waals surface area contributed by atoms with Crippen LogP contribution >= 0.6 is 0 Å². The van der Waals surface area contributed by atoms with E-state index >= 15 is 0 Å². The zero-order valence-electron chi connectivity index (χ0n) is 20.3. The Morgan fingerprint density at radius 1 is 1.09 bits per heavy atom. The molecular formula is C25H37N3O4. The summed E-state index contributed by atoms with van der Waals surface area (Å²) in [4.78, 5) is 30.2. The maximum absolute atomic E-state index is 13.4. The van der Waals surface area contributed by atoms with Crippen molar-refractivity contribution < 1.29 is 19.1 Å². The highest BCUT2D eigenvalue weighted by Gasteiger charge is 2.25. The van der Waals surface area contributed by atoms with Gasteiger partial charge >= 0.3 is 0 Å². The van der Waals surface area contributed by atoms with Crippen LogP contribution in [0.3, 0.4) is 0 Å². The van der Waals surface area contributed by atoms with Gasteiger partial charge in [0, 0.05) is 38.1 Å². The molecule has 0 saturated carbocycles. The Morgan fingerprint density at radius 3 is 2.41 bits per heavy atom. The van der Waals surface area contributed by atoms with Crippen molar-refractivity contribution in [1.82, 2.24) is 14.4 Å². The summed E-state index contributed by atoms with van der Waals surface area (Å²) in [7, 11) is 5.07. The van der Waals surface area contributed by atoms with Gasteiger partial charge in [0.25, 0.3) is 5.91 Å². The summed E-state index contributed by atoms with van der Waals surface area (Å²) in [6, 6.07) is 9.10. The molecule has 0 unspecified atom stereocenters. The molecule has 1 heterocycles. The highest BCUT2D eigenvalue weighted by molar-refractivity contribution is 5.99. The van der Waals surface area contributed by atoms with E-state index in [1.807, 2.05) is 34.8 Å². The van der Waals surface area contributed by atoms with Crippen LogP contribution in [0.2, 0.25) is 0 Å². The van der Waals surface area contributed by atoms with Crippen molar-refractivity contribution in [3.8, 4) is 11.5 Å². The maximum atomic E-state index is 13.4. The number of methoxy groups -OCH3 is 2. The highest BCUT2D eigenvalue weighted by atomic mass is 16.5. The van der Waals surface area contributed by atoms with Gasteiger partial charge in [-0.1, -0.05) is 27.2 Å².